The van der Waals surface area contributed by atoms with Gasteiger partial charge >= 0.3 is 17.9 Å². The lowest BCUT2D eigenvalue weighted by Gasteiger charge is -2.18. The predicted molar refractivity (Wildman–Crippen MR) is 233 cm³/mol. The number of ether oxygens (including phenoxy) is 3. The molecule has 0 rings (SSSR count). The largest absolute Gasteiger partial charge is 0.462 e. The molecule has 0 aromatic carbocycles. The normalized spacial score (nSPS) is 12.1. The van der Waals surface area contributed by atoms with Crippen molar-refractivity contribution < 1.29 is 28.6 Å². The van der Waals surface area contributed by atoms with Gasteiger partial charge in [-0.25, -0.2) is 0 Å². The Morgan fingerprint density at radius 3 is 0.945 bits per heavy atom. The maximum absolute atomic E-state index is 12.7. The van der Waals surface area contributed by atoms with Gasteiger partial charge in [-0.2, -0.15) is 0 Å². The number of hydrogen-bond donors (Lipinski definition) is 0. The molecule has 0 fully saturated rings. The van der Waals surface area contributed by atoms with Gasteiger partial charge in [-0.05, 0) is 70.6 Å². The van der Waals surface area contributed by atoms with Crippen LogP contribution in [0.4, 0.5) is 0 Å². The van der Waals surface area contributed by atoms with E-state index in [1.807, 2.05) is 0 Å². The summed E-state index contributed by atoms with van der Waals surface area (Å²) in [5.74, 6) is -0.886. The fourth-order valence-electron chi connectivity index (χ4n) is 6.78. The Bertz CT molecular complexity index is 896. The molecule has 0 amide bonds. The van der Waals surface area contributed by atoms with Gasteiger partial charge in [0.1, 0.15) is 13.2 Å². The van der Waals surface area contributed by atoms with E-state index in [1.165, 1.54) is 148 Å². The predicted octanol–water partition coefficient (Wildman–Crippen LogP) is 15.2. The van der Waals surface area contributed by atoms with Crippen molar-refractivity contribution in [3.05, 3.63) is 24.3 Å². The number of hydrogen-bond acceptors (Lipinski definition) is 6. The van der Waals surface area contributed by atoms with Crippen molar-refractivity contribution in [2.45, 2.75) is 258 Å². The smallest absolute Gasteiger partial charge is 0.306 e. The average Bonchev–Trinajstić information content (AvgIpc) is 3.18. The molecule has 0 saturated heterocycles. The summed E-state index contributed by atoms with van der Waals surface area (Å²) in [7, 11) is 0. The van der Waals surface area contributed by atoms with Gasteiger partial charge in [0, 0.05) is 19.3 Å². The second-order valence-electron chi connectivity index (χ2n) is 16.0. The van der Waals surface area contributed by atoms with Crippen LogP contribution in [0.1, 0.15) is 252 Å². The summed E-state index contributed by atoms with van der Waals surface area (Å²) in [5.41, 5.74) is 0. The van der Waals surface area contributed by atoms with Crippen LogP contribution in [0.2, 0.25) is 0 Å². The van der Waals surface area contributed by atoms with Gasteiger partial charge in [0.15, 0.2) is 6.10 Å². The molecule has 6 heteroatoms. The maximum atomic E-state index is 12.7. The molecule has 0 aliphatic heterocycles. The van der Waals surface area contributed by atoms with Crippen LogP contribution in [-0.4, -0.2) is 37.2 Å². The van der Waals surface area contributed by atoms with Crippen molar-refractivity contribution in [3.63, 3.8) is 0 Å². The first-order chi connectivity index (χ1) is 27.0. The molecule has 0 aromatic heterocycles. The van der Waals surface area contributed by atoms with E-state index in [-0.39, 0.29) is 31.1 Å². The number of carbonyl (C=O) groups is 3. The third kappa shape index (κ3) is 42.9. The SMILES string of the molecule is CCCCC/C=C\CCCCCCCC(=O)OC(COC(=O)CCCCCCCCCC)COC(=O)CCCCCCCCC/C=C\CCCCCCCC. The summed E-state index contributed by atoms with van der Waals surface area (Å²) >= 11 is 0. The quantitative estimate of drug-likeness (QED) is 0.0266. The van der Waals surface area contributed by atoms with Crippen LogP contribution in [0.3, 0.4) is 0 Å². The fraction of sp³-hybridized carbons (Fsp3) is 0.857. The van der Waals surface area contributed by atoms with Crippen molar-refractivity contribution in [1.82, 2.24) is 0 Å². The molecule has 6 nitrogen and oxygen atoms in total. The van der Waals surface area contributed by atoms with Gasteiger partial charge in [-0.15, -0.1) is 0 Å². The van der Waals surface area contributed by atoms with Crippen LogP contribution >= 0.6 is 0 Å². The van der Waals surface area contributed by atoms with E-state index >= 15 is 0 Å². The zero-order chi connectivity index (χ0) is 40.1. The lowest BCUT2D eigenvalue weighted by Crippen LogP contribution is -2.30. The first kappa shape index (κ1) is 52.9. The van der Waals surface area contributed by atoms with Crippen LogP contribution in [-0.2, 0) is 28.6 Å². The molecule has 0 aliphatic rings. The number of allylic oxidation sites excluding steroid dienone is 4. The zero-order valence-electron chi connectivity index (χ0n) is 36.7. The van der Waals surface area contributed by atoms with E-state index in [0.29, 0.717) is 19.3 Å². The van der Waals surface area contributed by atoms with Gasteiger partial charge < -0.3 is 14.2 Å². The molecule has 1 atom stereocenters. The monoisotopic (exact) mass is 775 g/mol. The molecular formula is C49H90O6. The van der Waals surface area contributed by atoms with E-state index in [2.05, 4.69) is 45.1 Å². The molecule has 322 valence electrons. The van der Waals surface area contributed by atoms with Gasteiger partial charge in [0.05, 0.1) is 0 Å². The Labute approximate surface area is 341 Å². The molecular weight excluding hydrogens is 685 g/mol. The topological polar surface area (TPSA) is 78.9 Å². The molecule has 0 heterocycles. The molecule has 0 spiro atoms. The van der Waals surface area contributed by atoms with Gasteiger partial charge in [0.2, 0.25) is 0 Å². The lowest BCUT2D eigenvalue weighted by atomic mass is 10.1. The van der Waals surface area contributed by atoms with E-state index < -0.39 is 6.10 Å². The van der Waals surface area contributed by atoms with Crippen molar-refractivity contribution in [2.75, 3.05) is 13.2 Å². The summed E-state index contributed by atoms with van der Waals surface area (Å²) in [5, 5.41) is 0. The van der Waals surface area contributed by atoms with Gasteiger partial charge in [-0.1, -0.05) is 186 Å². The number of carbonyl (C=O) groups excluding carboxylic acids is 3. The Balaban J connectivity index is 4.29. The summed E-state index contributed by atoms with van der Waals surface area (Å²) in [6.45, 7) is 6.58. The molecule has 1 unspecified atom stereocenters. The highest BCUT2D eigenvalue weighted by Crippen LogP contribution is 2.14. The molecule has 0 saturated carbocycles. The highest BCUT2D eigenvalue weighted by Gasteiger charge is 2.19. The Hall–Kier alpha value is -2.11. The van der Waals surface area contributed by atoms with Crippen molar-refractivity contribution >= 4 is 17.9 Å². The Morgan fingerprint density at radius 2 is 0.600 bits per heavy atom. The van der Waals surface area contributed by atoms with Crippen LogP contribution in [0.25, 0.3) is 0 Å². The minimum absolute atomic E-state index is 0.0737. The highest BCUT2D eigenvalue weighted by atomic mass is 16.6. The first-order valence-electron chi connectivity index (χ1n) is 23.8. The van der Waals surface area contributed by atoms with Crippen molar-refractivity contribution in [2.24, 2.45) is 0 Å². The van der Waals surface area contributed by atoms with Crippen molar-refractivity contribution in [1.29, 1.82) is 0 Å². The molecule has 0 radical (unpaired) electrons. The van der Waals surface area contributed by atoms with Crippen LogP contribution in [0.5, 0.6) is 0 Å². The van der Waals surface area contributed by atoms with E-state index in [0.717, 1.165) is 64.2 Å². The van der Waals surface area contributed by atoms with Gasteiger partial charge in [0.25, 0.3) is 0 Å². The van der Waals surface area contributed by atoms with Crippen LogP contribution < -0.4 is 0 Å². The fourth-order valence-corrected chi connectivity index (χ4v) is 6.78. The number of esters is 3. The molecule has 0 aromatic rings. The number of rotatable bonds is 43. The molecule has 55 heavy (non-hydrogen) atoms. The standard InChI is InChI=1S/C49H90O6/c1-4-7-10-13-16-19-21-23-24-25-26-27-29-30-33-36-39-42-48(51)54-45-46(44-53-47(50)41-38-35-32-18-15-12-9-6-3)55-49(52)43-40-37-34-31-28-22-20-17-14-11-8-5-2/h17,20,23-24,46H,4-16,18-19,21-22,25-45H2,1-3H3/b20-17-,24-23-. The highest BCUT2D eigenvalue weighted by molar-refractivity contribution is 5.71. The molecule has 0 N–H and O–H groups in total. The zero-order valence-corrected chi connectivity index (χ0v) is 36.7. The minimum atomic E-state index is -0.770. The summed E-state index contributed by atoms with van der Waals surface area (Å²) in [6, 6.07) is 0. The summed E-state index contributed by atoms with van der Waals surface area (Å²) in [6.07, 6.45) is 48.8. The number of unbranched alkanes of at least 4 members (excludes halogenated alkanes) is 28. The lowest BCUT2D eigenvalue weighted by molar-refractivity contribution is -0.167. The second-order valence-corrected chi connectivity index (χ2v) is 16.0. The summed E-state index contributed by atoms with van der Waals surface area (Å²) < 4.78 is 16.7. The Kier molecular flexibility index (Phi) is 42.9. The van der Waals surface area contributed by atoms with E-state index in [4.69, 9.17) is 14.2 Å². The first-order valence-corrected chi connectivity index (χ1v) is 23.8. The summed E-state index contributed by atoms with van der Waals surface area (Å²) in [4.78, 5) is 37.7. The molecule has 0 aliphatic carbocycles. The van der Waals surface area contributed by atoms with E-state index in [9.17, 15) is 14.4 Å². The average molecular weight is 775 g/mol. The molecule has 0 bridgehead atoms. The maximum Gasteiger partial charge on any atom is 0.306 e. The van der Waals surface area contributed by atoms with Crippen LogP contribution in [0, 0.1) is 0 Å². The van der Waals surface area contributed by atoms with Crippen LogP contribution in [0.15, 0.2) is 24.3 Å². The van der Waals surface area contributed by atoms with Crippen molar-refractivity contribution in [3.8, 4) is 0 Å². The van der Waals surface area contributed by atoms with E-state index in [1.54, 1.807) is 0 Å². The van der Waals surface area contributed by atoms with Gasteiger partial charge in [-0.3, -0.25) is 14.4 Å². The Morgan fingerprint density at radius 1 is 0.345 bits per heavy atom. The second kappa shape index (κ2) is 44.6. The third-order valence-corrected chi connectivity index (χ3v) is 10.4. The minimum Gasteiger partial charge on any atom is -0.462 e. The third-order valence-electron chi connectivity index (χ3n) is 10.4.